The molecule has 0 fully saturated rings. The summed E-state index contributed by atoms with van der Waals surface area (Å²) >= 11 is 6.08. The van der Waals surface area contributed by atoms with Crippen LogP contribution in [-0.2, 0) is 0 Å². The first-order valence-electron chi connectivity index (χ1n) is 6.20. The van der Waals surface area contributed by atoms with Crippen molar-refractivity contribution in [3.8, 4) is 11.4 Å². The number of rotatable bonds is 2. The summed E-state index contributed by atoms with van der Waals surface area (Å²) in [5, 5.41) is 0.557. The number of aromatic amines is 1. The average molecular weight is 303 g/mol. The first kappa shape index (κ1) is 13.5. The highest BCUT2D eigenvalue weighted by Gasteiger charge is 2.14. The number of methoxy groups -OCH3 is 1. The van der Waals surface area contributed by atoms with E-state index in [1.807, 2.05) is 0 Å². The fourth-order valence-corrected chi connectivity index (χ4v) is 2.51. The number of H-pyrrole nitrogens is 1. The van der Waals surface area contributed by atoms with Gasteiger partial charge in [-0.15, -0.1) is 0 Å². The molecule has 1 heterocycles. The second-order valence-electron chi connectivity index (χ2n) is 4.40. The molecule has 6 heteroatoms. The fraction of sp³-hybridized carbons (Fsp3) is 0.0667. The van der Waals surface area contributed by atoms with Crippen molar-refractivity contribution in [2.75, 3.05) is 7.11 Å². The Kier molecular flexibility index (Phi) is 3.27. The number of aromatic nitrogens is 2. The molecule has 21 heavy (non-hydrogen) atoms. The van der Waals surface area contributed by atoms with Gasteiger partial charge in [0.15, 0.2) is 0 Å². The van der Waals surface area contributed by atoms with Gasteiger partial charge in [0.2, 0.25) is 0 Å². The Labute approximate surface area is 124 Å². The van der Waals surface area contributed by atoms with Crippen LogP contribution in [-0.4, -0.2) is 16.7 Å². The highest BCUT2D eigenvalue weighted by molar-refractivity contribution is 6.35. The van der Waals surface area contributed by atoms with Crippen LogP contribution in [0.25, 0.3) is 16.6 Å². The minimum Gasteiger partial charge on any atom is -0.495 e. The smallest absolute Gasteiger partial charge is 0.333 e. The number of halogens is 1. The van der Waals surface area contributed by atoms with Gasteiger partial charge in [0.25, 0.3) is 5.56 Å². The summed E-state index contributed by atoms with van der Waals surface area (Å²) in [4.78, 5) is 27.5. The van der Waals surface area contributed by atoms with Gasteiger partial charge < -0.3 is 9.72 Å². The number of nitrogens with zero attached hydrogens (tertiary/aromatic N) is 1. The van der Waals surface area contributed by atoms with E-state index in [2.05, 4.69) is 4.98 Å². The second-order valence-corrected chi connectivity index (χ2v) is 4.81. The highest BCUT2D eigenvalue weighted by Crippen LogP contribution is 2.21. The average Bonchev–Trinajstić information content (AvgIpc) is 2.47. The predicted molar refractivity (Wildman–Crippen MR) is 81.7 cm³/mol. The summed E-state index contributed by atoms with van der Waals surface area (Å²) in [6, 6.07) is 11.7. The first-order chi connectivity index (χ1) is 10.1. The van der Waals surface area contributed by atoms with Crippen LogP contribution in [0.2, 0.25) is 5.02 Å². The molecule has 3 rings (SSSR count). The summed E-state index contributed by atoms with van der Waals surface area (Å²) in [5.74, 6) is 0.427. The quantitative estimate of drug-likeness (QED) is 0.790. The third-order valence-corrected chi connectivity index (χ3v) is 3.52. The van der Waals surface area contributed by atoms with E-state index in [0.29, 0.717) is 17.0 Å². The Morgan fingerprint density at radius 2 is 1.86 bits per heavy atom. The Hall–Kier alpha value is -2.53. The Morgan fingerprint density at radius 1 is 1.10 bits per heavy atom. The third-order valence-electron chi connectivity index (χ3n) is 3.20. The zero-order valence-electron chi connectivity index (χ0n) is 11.1. The van der Waals surface area contributed by atoms with Crippen LogP contribution in [0.15, 0.2) is 52.1 Å². The molecule has 0 aliphatic rings. The van der Waals surface area contributed by atoms with E-state index >= 15 is 0 Å². The van der Waals surface area contributed by atoms with Gasteiger partial charge in [-0.25, -0.2) is 9.36 Å². The molecule has 0 atom stereocenters. The molecule has 0 spiro atoms. The van der Waals surface area contributed by atoms with Gasteiger partial charge in [-0.05, 0) is 24.3 Å². The van der Waals surface area contributed by atoms with Gasteiger partial charge in [0.05, 0.1) is 28.7 Å². The van der Waals surface area contributed by atoms with Gasteiger partial charge >= 0.3 is 5.69 Å². The molecule has 0 bridgehead atoms. The molecular formula is C15H11ClN2O3. The van der Waals surface area contributed by atoms with Crippen molar-refractivity contribution < 1.29 is 4.74 Å². The first-order valence-corrected chi connectivity index (χ1v) is 6.58. The van der Waals surface area contributed by atoms with Crippen LogP contribution in [0.5, 0.6) is 5.75 Å². The van der Waals surface area contributed by atoms with Crippen molar-refractivity contribution in [2.24, 2.45) is 0 Å². The van der Waals surface area contributed by atoms with Crippen LogP contribution in [0.4, 0.5) is 0 Å². The van der Waals surface area contributed by atoms with Crippen LogP contribution in [0, 0.1) is 0 Å². The van der Waals surface area contributed by atoms with Crippen LogP contribution < -0.4 is 16.0 Å². The van der Waals surface area contributed by atoms with Crippen molar-refractivity contribution in [2.45, 2.75) is 0 Å². The molecule has 0 radical (unpaired) electrons. The van der Waals surface area contributed by atoms with Gasteiger partial charge in [-0.3, -0.25) is 4.79 Å². The summed E-state index contributed by atoms with van der Waals surface area (Å²) in [7, 11) is 1.48. The molecule has 0 unspecified atom stereocenters. The molecule has 1 aromatic heterocycles. The van der Waals surface area contributed by atoms with E-state index in [0.717, 1.165) is 4.57 Å². The molecule has 1 N–H and O–H groups in total. The number of nitrogens with one attached hydrogen (secondary N) is 1. The van der Waals surface area contributed by atoms with Crippen molar-refractivity contribution in [3.63, 3.8) is 0 Å². The molecule has 3 aromatic rings. The van der Waals surface area contributed by atoms with Crippen LogP contribution in [0.1, 0.15) is 0 Å². The van der Waals surface area contributed by atoms with Gasteiger partial charge in [0, 0.05) is 0 Å². The van der Waals surface area contributed by atoms with Gasteiger partial charge in [0.1, 0.15) is 5.75 Å². The van der Waals surface area contributed by atoms with Crippen molar-refractivity contribution >= 4 is 22.5 Å². The maximum atomic E-state index is 12.6. The SMILES string of the molecule is COc1ccccc1-n1c(=O)[nH]c2cccc(Cl)c2c1=O. The minimum absolute atomic E-state index is 0.268. The molecule has 106 valence electrons. The maximum Gasteiger partial charge on any atom is 0.333 e. The lowest BCUT2D eigenvalue weighted by Crippen LogP contribution is -2.34. The molecule has 2 aromatic carbocycles. The summed E-state index contributed by atoms with van der Waals surface area (Å²) in [6.45, 7) is 0. The summed E-state index contributed by atoms with van der Waals surface area (Å²) in [5.41, 5.74) is -0.250. The van der Waals surface area contributed by atoms with E-state index in [9.17, 15) is 9.59 Å². The largest absolute Gasteiger partial charge is 0.495 e. The van der Waals surface area contributed by atoms with E-state index in [1.54, 1.807) is 42.5 Å². The Balaban J connectivity index is 2.47. The molecule has 0 amide bonds. The number of hydrogen-bond acceptors (Lipinski definition) is 3. The number of ether oxygens (including phenoxy) is 1. The lowest BCUT2D eigenvalue weighted by Gasteiger charge is -2.10. The highest BCUT2D eigenvalue weighted by atomic mass is 35.5. The molecular weight excluding hydrogens is 292 g/mol. The molecule has 5 nitrogen and oxygen atoms in total. The summed E-state index contributed by atoms with van der Waals surface area (Å²) < 4.78 is 6.23. The predicted octanol–water partition coefficient (Wildman–Crippen LogP) is 2.34. The third kappa shape index (κ3) is 2.11. The van der Waals surface area contributed by atoms with Crippen LogP contribution >= 0.6 is 11.6 Å². The zero-order valence-corrected chi connectivity index (χ0v) is 11.8. The standard InChI is InChI=1S/C15H11ClN2O3/c1-21-12-8-3-2-7-11(12)18-14(19)13-9(16)5-4-6-10(13)17-15(18)20/h2-8H,1H3,(H,17,20). The monoisotopic (exact) mass is 302 g/mol. The zero-order chi connectivity index (χ0) is 15.0. The van der Waals surface area contributed by atoms with Crippen molar-refractivity contribution in [1.29, 1.82) is 0 Å². The fourth-order valence-electron chi connectivity index (χ4n) is 2.25. The van der Waals surface area contributed by atoms with E-state index in [-0.39, 0.29) is 10.4 Å². The molecule has 0 aliphatic heterocycles. The van der Waals surface area contributed by atoms with E-state index in [1.165, 1.54) is 7.11 Å². The topological polar surface area (TPSA) is 64.1 Å². The lowest BCUT2D eigenvalue weighted by molar-refractivity contribution is 0.412. The number of hydrogen-bond donors (Lipinski definition) is 1. The van der Waals surface area contributed by atoms with Gasteiger partial charge in [-0.2, -0.15) is 0 Å². The van der Waals surface area contributed by atoms with Crippen molar-refractivity contribution in [1.82, 2.24) is 9.55 Å². The second kappa shape index (κ2) is 5.10. The normalized spacial score (nSPS) is 10.8. The molecule has 0 saturated carbocycles. The number of fused-ring (bicyclic) bond motifs is 1. The van der Waals surface area contributed by atoms with Crippen LogP contribution in [0.3, 0.4) is 0 Å². The Morgan fingerprint density at radius 3 is 2.62 bits per heavy atom. The number of para-hydroxylation sites is 2. The molecule has 0 aliphatic carbocycles. The minimum atomic E-state index is -0.542. The lowest BCUT2D eigenvalue weighted by atomic mass is 10.2. The maximum absolute atomic E-state index is 12.6. The van der Waals surface area contributed by atoms with Gasteiger partial charge in [-0.1, -0.05) is 29.8 Å². The summed E-state index contributed by atoms with van der Waals surface area (Å²) in [6.07, 6.45) is 0. The Bertz CT molecular complexity index is 944. The van der Waals surface area contributed by atoms with Crippen molar-refractivity contribution in [3.05, 3.63) is 68.3 Å². The molecule has 0 saturated heterocycles. The number of benzene rings is 2. The van der Waals surface area contributed by atoms with E-state index < -0.39 is 11.2 Å². The van der Waals surface area contributed by atoms with E-state index in [4.69, 9.17) is 16.3 Å².